The van der Waals surface area contributed by atoms with Crippen molar-refractivity contribution >= 4 is 0 Å². The quantitative estimate of drug-likeness (QED) is 0.748. The maximum absolute atomic E-state index is 9.36. The minimum Gasteiger partial charge on any atom is -0.393 e. The summed E-state index contributed by atoms with van der Waals surface area (Å²) in [4.78, 5) is 0. The molecule has 0 saturated heterocycles. The van der Waals surface area contributed by atoms with E-state index in [1.807, 2.05) is 6.92 Å². The highest BCUT2D eigenvalue weighted by molar-refractivity contribution is 4.83. The molecule has 17 heavy (non-hydrogen) atoms. The zero-order chi connectivity index (χ0) is 12.8. The van der Waals surface area contributed by atoms with E-state index < -0.39 is 0 Å². The molecule has 0 aromatic carbocycles. The van der Waals surface area contributed by atoms with Crippen molar-refractivity contribution in [1.82, 2.24) is 5.32 Å². The van der Waals surface area contributed by atoms with Crippen LogP contribution in [0.15, 0.2) is 0 Å². The van der Waals surface area contributed by atoms with Crippen LogP contribution in [0, 0.1) is 17.8 Å². The molecule has 1 saturated carbocycles. The molecule has 1 aliphatic rings. The fraction of sp³-hybridized carbons (Fsp3) is 1.00. The molecule has 5 unspecified atom stereocenters. The van der Waals surface area contributed by atoms with Gasteiger partial charge in [0.2, 0.25) is 0 Å². The van der Waals surface area contributed by atoms with Gasteiger partial charge in [0.05, 0.1) is 6.10 Å². The fourth-order valence-corrected chi connectivity index (χ4v) is 3.24. The van der Waals surface area contributed by atoms with E-state index in [2.05, 4.69) is 26.1 Å². The molecule has 0 radical (unpaired) electrons. The molecule has 102 valence electrons. The van der Waals surface area contributed by atoms with Gasteiger partial charge in [-0.05, 0) is 56.9 Å². The van der Waals surface area contributed by atoms with Crippen molar-refractivity contribution in [2.75, 3.05) is 6.54 Å². The van der Waals surface area contributed by atoms with Crippen LogP contribution in [0.25, 0.3) is 0 Å². The number of aliphatic hydroxyl groups excluding tert-OH is 1. The summed E-state index contributed by atoms with van der Waals surface area (Å²) in [7, 11) is 0. The van der Waals surface area contributed by atoms with Crippen LogP contribution in [0.1, 0.15) is 59.8 Å². The Labute approximate surface area is 107 Å². The van der Waals surface area contributed by atoms with Gasteiger partial charge in [-0.25, -0.2) is 0 Å². The Morgan fingerprint density at radius 2 is 2.00 bits per heavy atom. The van der Waals surface area contributed by atoms with Crippen molar-refractivity contribution in [3.05, 3.63) is 0 Å². The normalized spacial score (nSPS) is 33.4. The second kappa shape index (κ2) is 7.38. The number of hydrogen-bond donors (Lipinski definition) is 2. The van der Waals surface area contributed by atoms with Gasteiger partial charge >= 0.3 is 0 Å². The van der Waals surface area contributed by atoms with Crippen molar-refractivity contribution in [2.24, 2.45) is 17.8 Å². The van der Waals surface area contributed by atoms with Crippen LogP contribution in [-0.2, 0) is 0 Å². The third-order valence-electron chi connectivity index (χ3n) is 4.24. The Bertz CT molecular complexity index is 205. The van der Waals surface area contributed by atoms with Crippen molar-refractivity contribution in [3.63, 3.8) is 0 Å². The maximum Gasteiger partial charge on any atom is 0.0515 e. The summed E-state index contributed by atoms with van der Waals surface area (Å²) < 4.78 is 0. The van der Waals surface area contributed by atoms with Crippen LogP contribution in [0.3, 0.4) is 0 Å². The lowest BCUT2D eigenvalue weighted by Gasteiger charge is -2.35. The Hall–Kier alpha value is -0.0800. The first-order chi connectivity index (χ1) is 8.02. The summed E-state index contributed by atoms with van der Waals surface area (Å²) in [5.41, 5.74) is 0. The largest absolute Gasteiger partial charge is 0.393 e. The van der Waals surface area contributed by atoms with E-state index in [0.29, 0.717) is 12.0 Å². The second-order valence-electron chi connectivity index (χ2n) is 6.29. The monoisotopic (exact) mass is 241 g/mol. The summed E-state index contributed by atoms with van der Waals surface area (Å²) in [6.07, 6.45) is 6.14. The zero-order valence-corrected chi connectivity index (χ0v) is 12.1. The Balaban J connectivity index is 2.29. The van der Waals surface area contributed by atoms with Crippen LogP contribution in [-0.4, -0.2) is 23.8 Å². The standard InChI is InChI=1S/C15H31NO/c1-5-14-9-11(2)6-7-15(14)16-10-12(3)8-13(4)17/h11-17H,5-10H2,1-4H3. The molecule has 1 fully saturated rings. The first-order valence-electron chi connectivity index (χ1n) is 7.44. The van der Waals surface area contributed by atoms with Gasteiger partial charge in [0.25, 0.3) is 0 Å². The third-order valence-corrected chi connectivity index (χ3v) is 4.24. The molecule has 0 aromatic heterocycles. The van der Waals surface area contributed by atoms with E-state index >= 15 is 0 Å². The highest BCUT2D eigenvalue weighted by Gasteiger charge is 2.27. The summed E-state index contributed by atoms with van der Waals surface area (Å²) in [5.74, 6) is 2.34. The summed E-state index contributed by atoms with van der Waals surface area (Å²) in [6, 6.07) is 0.715. The fourth-order valence-electron chi connectivity index (χ4n) is 3.24. The molecule has 0 aromatic rings. The SMILES string of the molecule is CCC1CC(C)CCC1NCC(C)CC(C)O. The summed E-state index contributed by atoms with van der Waals surface area (Å²) >= 11 is 0. The summed E-state index contributed by atoms with van der Waals surface area (Å²) in [6.45, 7) is 9.87. The van der Waals surface area contributed by atoms with Gasteiger partial charge in [-0.3, -0.25) is 0 Å². The van der Waals surface area contributed by atoms with Crippen LogP contribution in [0.4, 0.5) is 0 Å². The molecule has 0 aliphatic heterocycles. The topological polar surface area (TPSA) is 32.3 Å². The lowest BCUT2D eigenvalue weighted by Crippen LogP contribution is -2.42. The molecule has 2 heteroatoms. The van der Waals surface area contributed by atoms with E-state index in [9.17, 15) is 5.11 Å². The van der Waals surface area contributed by atoms with Gasteiger partial charge in [-0.2, -0.15) is 0 Å². The first-order valence-corrected chi connectivity index (χ1v) is 7.44. The molecule has 1 rings (SSSR count). The van der Waals surface area contributed by atoms with Gasteiger partial charge < -0.3 is 10.4 Å². The van der Waals surface area contributed by atoms with Crippen LogP contribution in [0.5, 0.6) is 0 Å². The smallest absolute Gasteiger partial charge is 0.0515 e. The van der Waals surface area contributed by atoms with Crippen LogP contribution < -0.4 is 5.32 Å². The predicted octanol–water partition coefficient (Wildman–Crippen LogP) is 3.20. The van der Waals surface area contributed by atoms with Crippen LogP contribution in [0.2, 0.25) is 0 Å². The average molecular weight is 241 g/mol. The lowest BCUT2D eigenvalue weighted by molar-refractivity contribution is 0.155. The molecular weight excluding hydrogens is 210 g/mol. The van der Waals surface area contributed by atoms with E-state index in [1.54, 1.807) is 0 Å². The molecule has 2 nitrogen and oxygen atoms in total. The van der Waals surface area contributed by atoms with Gasteiger partial charge in [0.15, 0.2) is 0 Å². The van der Waals surface area contributed by atoms with E-state index in [1.165, 1.54) is 25.7 Å². The third kappa shape index (κ3) is 5.39. The highest BCUT2D eigenvalue weighted by atomic mass is 16.3. The molecule has 0 spiro atoms. The molecule has 0 bridgehead atoms. The predicted molar refractivity (Wildman–Crippen MR) is 74.0 cm³/mol. The van der Waals surface area contributed by atoms with Gasteiger partial charge in [-0.1, -0.05) is 27.2 Å². The first kappa shape index (κ1) is 15.0. The van der Waals surface area contributed by atoms with Crippen molar-refractivity contribution in [2.45, 2.75) is 71.9 Å². The number of rotatable bonds is 6. The van der Waals surface area contributed by atoms with Crippen molar-refractivity contribution < 1.29 is 5.11 Å². The van der Waals surface area contributed by atoms with Gasteiger partial charge in [-0.15, -0.1) is 0 Å². The number of nitrogens with one attached hydrogen (secondary N) is 1. The minimum absolute atomic E-state index is 0.167. The van der Waals surface area contributed by atoms with E-state index in [0.717, 1.165) is 24.8 Å². The molecule has 1 aliphatic carbocycles. The Morgan fingerprint density at radius 1 is 1.29 bits per heavy atom. The van der Waals surface area contributed by atoms with Crippen molar-refractivity contribution in [1.29, 1.82) is 0 Å². The molecule has 5 atom stereocenters. The van der Waals surface area contributed by atoms with Gasteiger partial charge in [0.1, 0.15) is 0 Å². The minimum atomic E-state index is -0.167. The van der Waals surface area contributed by atoms with Gasteiger partial charge in [0, 0.05) is 6.04 Å². The average Bonchev–Trinajstić information content (AvgIpc) is 2.26. The Kier molecular flexibility index (Phi) is 6.50. The number of aliphatic hydroxyl groups is 1. The molecule has 0 heterocycles. The molecule has 0 amide bonds. The number of hydrogen-bond acceptors (Lipinski definition) is 2. The Morgan fingerprint density at radius 3 is 2.59 bits per heavy atom. The second-order valence-corrected chi connectivity index (χ2v) is 6.29. The van der Waals surface area contributed by atoms with E-state index in [4.69, 9.17) is 0 Å². The maximum atomic E-state index is 9.36. The summed E-state index contributed by atoms with van der Waals surface area (Å²) in [5, 5.41) is 13.1. The van der Waals surface area contributed by atoms with E-state index in [-0.39, 0.29) is 6.10 Å². The van der Waals surface area contributed by atoms with Crippen LogP contribution >= 0.6 is 0 Å². The van der Waals surface area contributed by atoms with Crippen molar-refractivity contribution in [3.8, 4) is 0 Å². The highest BCUT2D eigenvalue weighted by Crippen LogP contribution is 2.31. The lowest BCUT2D eigenvalue weighted by atomic mass is 9.77. The molecule has 2 N–H and O–H groups in total. The zero-order valence-electron chi connectivity index (χ0n) is 12.1. The molecular formula is C15H31NO.